The first-order valence-electron chi connectivity index (χ1n) is 5.30. The zero-order valence-electron chi connectivity index (χ0n) is 9.88. The van der Waals surface area contributed by atoms with Crippen molar-refractivity contribution in [3.63, 3.8) is 0 Å². The molecule has 0 bridgehead atoms. The molecule has 0 spiro atoms. The predicted octanol–water partition coefficient (Wildman–Crippen LogP) is 2.16. The molecule has 1 rings (SSSR count). The molecule has 0 saturated heterocycles. The van der Waals surface area contributed by atoms with Gasteiger partial charge in [-0.05, 0) is 25.5 Å². The van der Waals surface area contributed by atoms with Gasteiger partial charge in [-0.2, -0.15) is 0 Å². The minimum atomic E-state index is -0.783. The number of nitrogens with zero attached hydrogens (tertiary/aromatic N) is 1. The Bertz CT molecular complexity index is 406. The average Bonchev–Trinajstić information content (AvgIpc) is 2.27. The fourth-order valence-corrected chi connectivity index (χ4v) is 2.06. The summed E-state index contributed by atoms with van der Waals surface area (Å²) in [6, 6.07) is 6.48. The molecule has 0 saturated carbocycles. The zero-order valence-corrected chi connectivity index (χ0v) is 10.7. The lowest BCUT2D eigenvalue weighted by Gasteiger charge is -2.14. The van der Waals surface area contributed by atoms with Gasteiger partial charge in [-0.15, -0.1) is 0 Å². The highest BCUT2D eigenvalue weighted by Crippen LogP contribution is 2.16. The lowest BCUT2D eigenvalue weighted by Crippen LogP contribution is -2.17. The largest absolute Gasteiger partial charge is 0.383 e. The average molecular weight is 256 g/mol. The predicted molar refractivity (Wildman–Crippen MR) is 69.7 cm³/mol. The Morgan fingerprint density at radius 3 is 2.47 bits per heavy atom. The number of benzene rings is 1. The number of hydrogen-bond acceptors (Lipinski definition) is 4. The van der Waals surface area contributed by atoms with E-state index in [1.165, 1.54) is 12.1 Å². The third-order valence-electron chi connectivity index (χ3n) is 2.33. The van der Waals surface area contributed by atoms with E-state index in [9.17, 15) is 14.3 Å². The quantitative estimate of drug-likeness (QED) is 0.625. The van der Waals surface area contributed by atoms with E-state index in [1.807, 2.05) is 6.92 Å². The summed E-state index contributed by atoms with van der Waals surface area (Å²) < 4.78 is 10.9. The SMILES string of the molecule is CC(CCS(C)=O)Nc1ccc([N+](=O)[O-])cc1. The van der Waals surface area contributed by atoms with Gasteiger partial charge in [0.1, 0.15) is 0 Å². The van der Waals surface area contributed by atoms with Crippen LogP contribution in [0.2, 0.25) is 0 Å². The standard InChI is InChI=1S/C11H16N2O3S/c1-9(7-8-17(2)16)12-10-3-5-11(6-4-10)13(14)15/h3-6,9,12H,7-8H2,1-2H3. The maximum Gasteiger partial charge on any atom is 0.269 e. The maximum atomic E-state index is 10.9. The van der Waals surface area contributed by atoms with Gasteiger partial charge in [0, 0.05) is 46.7 Å². The van der Waals surface area contributed by atoms with Gasteiger partial charge >= 0.3 is 0 Å². The van der Waals surface area contributed by atoms with Crippen molar-refractivity contribution in [1.29, 1.82) is 0 Å². The fraction of sp³-hybridized carbons (Fsp3) is 0.455. The van der Waals surface area contributed by atoms with E-state index < -0.39 is 15.7 Å². The third kappa shape index (κ3) is 4.95. The van der Waals surface area contributed by atoms with Gasteiger partial charge < -0.3 is 5.32 Å². The van der Waals surface area contributed by atoms with Crippen LogP contribution in [0.15, 0.2) is 24.3 Å². The molecule has 0 heterocycles. The normalized spacial score (nSPS) is 14.0. The highest BCUT2D eigenvalue weighted by Gasteiger charge is 2.06. The van der Waals surface area contributed by atoms with Crippen molar-refractivity contribution in [3.8, 4) is 0 Å². The molecule has 0 aromatic heterocycles. The van der Waals surface area contributed by atoms with Crippen LogP contribution in [0.3, 0.4) is 0 Å². The van der Waals surface area contributed by atoms with Crippen molar-refractivity contribution >= 4 is 22.2 Å². The summed E-state index contributed by atoms with van der Waals surface area (Å²) in [6.45, 7) is 1.99. The number of rotatable bonds is 6. The summed E-state index contributed by atoms with van der Waals surface area (Å²) in [4.78, 5) is 10.0. The molecule has 1 N–H and O–H groups in total. The summed E-state index contributed by atoms with van der Waals surface area (Å²) in [6.07, 6.45) is 2.48. The monoisotopic (exact) mass is 256 g/mol. The second-order valence-corrected chi connectivity index (χ2v) is 5.47. The zero-order chi connectivity index (χ0) is 12.8. The van der Waals surface area contributed by atoms with Crippen molar-refractivity contribution in [2.24, 2.45) is 0 Å². The van der Waals surface area contributed by atoms with Crippen LogP contribution in [0.25, 0.3) is 0 Å². The third-order valence-corrected chi connectivity index (χ3v) is 3.14. The van der Waals surface area contributed by atoms with Gasteiger partial charge in [-0.1, -0.05) is 0 Å². The number of non-ortho nitro benzene ring substituents is 1. The van der Waals surface area contributed by atoms with Crippen LogP contribution in [0.4, 0.5) is 11.4 Å². The Morgan fingerprint density at radius 2 is 2.00 bits per heavy atom. The molecule has 1 aromatic carbocycles. The first-order valence-corrected chi connectivity index (χ1v) is 7.03. The van der Waals surface area contributed by atoms with Crippen LogP contribution in [-0.4, -0.2) is 27.2 Å². The lowest BCUT2D eigenvalue weighted by molar-refractivity contribution is -0.384. The molecule has 0 aliphatic heterocycles. The van der Waals surface area contributed by atoms with Crippen molar-refractivity contribution in [3.05, 3.63) is 34.4 Å². The molecule has 17 heavy (non-hydrogen) atoms. The Labute approximate surface area is 103 Å². The van der Waals surface area contributed by atoms with Gasteiger partial charge in [-0.25, -0.2) is 0 Å². The smallest absolute Gasteiger partial charge is 0.269 e. The lowest BCUT2D eigenvalue weighted by atomic mass is 10.2. The molecule has 0 radical (unpaired) electrons. The number of hydrogen-bond donors (Lipinski definition) is 1. The molecule has 0 amide bonds. The molecular formula is C11H16N2O3S. The van der Waals surface area contributed by atoms with Crippen molar-refractivity contribution in [1.82, 2.24) is 0 Å². The first-order chi connectivity index (χ1) is 7.99. The minimum Gasteiger partial charge on any atom is -0.383 e. The van der Waals surface area contributed by atoms with Crippen molar-refractivity contribution in [2.45, 2.75) is 19.4 Å². The molecule has 0 fully saturated rings. The van der Waals surface area contributed by atoms with E-state index >= 15 is 0 Å². The Balaban J connectivity index is 2.51. The first kappa shape index (κ1) is 13.6. The molecule has 2 atom stereocenters. The molecule has 0 aliphatic rings. The molecule has 5 nitrogen and oxygen atoms in total. The number of nitro groups is 1. The molecule has 0 aliphatic carbocycles. The Morgan fingerprint density at radius 1 is 1.41 bits per heavy atom. The summed E-state index contributed by atoms with van der Waals surface area (Å²) in [5, 5.41) is 13.7. The van der Waals surface area contributed by atoms with Gasteiger partial charge in [0.05, 0.1) is 4.92 Å². The Kier molecular flexibility index (Phi) is 5.09. The van der Waals surface area contributed by atoms with Gasteiger partial charge in [-0.3, -0.25) is 14.3 Å². The maximum absolute atomic E-state index is 10.9. The van der Waals surface area contributed by atoms with E-state index in [1.54, 1.807) is 18.4 Å². The van der Waals surface area contributed by atoms with Crippen LogP contribution in [0.1, 0.15) is 13.3 Å². The van der Waals surface area contributed by atoms with Crippen LogP contribution in [0.5, 0.6) is 0 Å². The molecular weight excluding hydrogens is 240 g/mol. The summed E-state index contributed by atoms with van der Waals surface area (Å²) >= 11 is 0. The molecule has 1 aromatic rings. The second kappa shape index (κ2) is 6.34. The summed E-state index contributed by atoms with van der Waals surface area (Å²) in [7, 11) is -0.783. The summed E-state index contributed by atoms with van der Waals surface area (Å²) in [5.74, 6) is 0.654. The minimum absolute atomic E-state index is 0.0814. The Hall–Kier alpha value is -1.43. The van der Waals surface area contributed by atoms with E-state index in [0.29, 0.717) is 5.75 Å². The number of nitro benzene ring substituents is 1. The molecule has 6 heteroatoms. The van der Waals surface area contributed by atoms with Gasteiger partial charge in [0.25, 0.3) is 5.69 Å². The molecule has 2 unspecified atom stereocenters. The van der Waals surface area contributed by atoms with E-state index in [0.717, 1.165) is 12.1 Å². The number of anilines is 1. The van der Waals surface area contributed by atoms with Crippen LogP contribution in [-0.2, 0) is 10.8 Å². The van der Waals surface area contributed by atoms with E-state index in [2.05, 4.69) is 5.32 Å². The highest BCUT2D eigenvalue weighted by atomic mass is 32.2. The van der Waals surface area contributed by atoms with Crippen LogP contribution < -0.4 is 5.32 Å². The van der Waals surface area contributed by atoms with Gasteiger partial charge in [0.2, 0.25) is 0 Å². The summed E-state index contributed by atoms with van der Waals surface area (Å²) in [5.41, 5.74) is 0.919. The number of nitrogens with one attached hydrogen (secondary N) is 1. The van der Waals surface area contributed by atoms with Crippen LogP contribution in [0, 0.1) is 10.1 Å². The molecule has 94 valence electrons. The van der Waals surface area contributed by atoms with E-state index in [4.69, 9.17) is 0 Å². The second-order valence-electron chi connectivity index (χ2n) is 3.92. The van der Waals surface area contributed by atoms with Crippen molar-refractivity contribution < 1.29 is 9.13 Å². The highest BCUT2D eigenvalue weighted by molar-refractivity contribution is 7.84. The van der Waals surface area contributed by atoms with Crippen molar-refractivity contribution in [2.75, 3.05) is 17.3 Å². The van der Waals surface area contributed by atoms with E-state index in [-0.39, 0.29) is 11.7 Å². The van der Waals surface area contributed by atoms with Gasteiger partial charge in [0.15, 0.2) is 0 Å². The fourth-order valence-electron chi connectivity index (χ4n) is 1.38. The topological polar surface area (TPSA) is 72.2 Å². The van der Waals surface area contributed by atoms with Crippen LogP contribution >= 0.6 is 0 Å².